The van der Waals surface area contributed by atoms with Crippen LogP contribution in [0.4, 0.5) is 0 Å². The summed E-state index contributed by atoms with van der Waals surface area (Å²) in [4.78, 5) is 1.17. The number of aliphatic hydroxyl groups is 1. The van der Waals surface area contributed by atoms with Crippen LogP contribution >= 0.6 is 27.3 Å². The van der Waals surface area contributed by atoms with Gasteiger partial charge in [-0.05, 0) is 48.1 Å². The summed E-state index contributed by atoms with van der Waals surface area (Å²) in [5, 5.41) is 12.3. The molecular weight excluding hydrogens is 284 g/mol. The molecule has 0 spiro atoms. The van der Waals surface area contributed by atoms with Crippen LogP contribution in [0.5, 0.6) is 0 Å². The minimum absolute atomic E-state index is 0.541. The van der Waals surface area contributed by atoms with Crippen molar-refractivity contribution >= 4 is 27.3 Å². The number of benzene rings is 1. The number of aliphatic hydroxyl groups excluding tert-OH is 1. The average Bonchev–Trinajstić information content (AvgIpc) is 2.63. The lowest BCUT2D eigenvalue weighted by Gasteiger charge is -2.13. The van der Waals surface area contributed by atoms with E-state index in [2.05, 4.69) is 15.9 Å². The van der Waals surface area contributed by atoms with Gasteiger partial charge in [-0.15, -0.1) is 11.3 Å². The maximum Gasteiger partial charge on any atom is 0.106 e. The van der Waals surface area contributed by atoms with Crippen molar-refractivity contribution in [2.24, 2.45) is 0 Å². The highest BCUT2D eigenvalue weighted by molar-refractivity contribution is 9.10. The zero-order valence-corrected chi connectivity index (χ0v) is 11.6. The standard InChI is InChI=1S/C13H13BrOS/c1-8-3-4-11(12(14)7-8)13(15)10-5-6-16-9(10)2/h3-7,13,15H,1-2H3. The van der Waals surface area contributed by atoms with Crippen LogP contribution in [0.1, 0.15) is 27.7 Å². The van der Waals surface area contributed by atoms with Crippen LogP contribution in [0.25, 0.3) is 0 Å². The van der Waals surface area contributed by atoms with Gasteiger partial charge in [0.15, 0.2) is 0 Å². The third-order valence-electron chi connectivity index (χ3n) is 2.64. The van der Waals surface area contributed by atoms with E-state index in [-0.39, 0.29) is 0 Å². The number of halogens is 1. The van der Waals surface area contributed by atoms with Gasteiger partial charge in [0.2, 0.25) is 0 Å². The second-order valence-corrected chi connectivity index (χ2v) is 5.83. The SMILES string of the molecule is Cc1ccc(C(O)c2ccsc2C)c(Br)c1. The number of thiophene rings is 1. The predicted molar refractivity (Wildman–Crippen MR) is 72.0 cm³/mol. The van der Waals surface area contributed by atoms with Crippen LogP contribution in [-0.4, -0.2) is 5.11 Å². The van der Waals surface area contributed by atoms with Crippen molar-refractivity contribution in [1.29, 1.82) is 0 Å². The lowest BCUT2D eigenvalue weighted by Crippen LogP contribution is -2.00. The van der Waals surface area contributed by atoms with Gasteiger partial charge in [-0.25, -0.2) is 0 Å². The van der Waals surface area contributed by atoms with Gasteiger partial charge in [-0.3, -0.25) is 0 Å². The highest BCUT2D eigenvalue weighted by Crippen LogP contribution is 2.32. The monoisotopic (exact) mass is 296 g/mol. The van der Waals surface area contributed by atoms with Crippen LogP contribution < -0.4 is 0 Å². The molecule has 1 heterocycles. The molecule has 0 aliphatic carbocycles. The Morgan fingerprint density at radius 2 is 1.94 bits per heavy atom. The smallest absolute Gasteiger partial charge is 0.106 e. The topological polar surface area (TPSA) is 20.2 Å². The molecule has 1 unspecified atom stereocenters. The summed E-state index contributed by atoms with van der Waals surface area (Å²) in [7, 11) is 0. The first-order valence-electron chi connectivity index (χ1n) is 5.07. The molecule has 0 fully saturated rings. The molecule has 2 aromatic rings. The van der Waals surface area contributed by atoms with Gasteiger partial charge in [-0.1, -0.05) is 28.1 Å². The molecule has 16 heavy (non-hydrogen) atoms. The summed E-state index contributed by atoms with van der Waals surface area (Å²) in [6, 6.07) is 8.00. The maximum absolute atomic E-state index is 10.3. The molecular formula is C13H13BrOS. The molecule has 1 N–H and O–H groups in total. The van der Waals surface area contributed by atoms with Crippen molar-refractivity contribution in [1.82, 2.24) is 0 Å². The number of rotatable bonds is 2. The Hall–Kier alpha value is -0.640. The summed E-state index contributed by atoms with van der Waals surface area (Å²) in [5.41, 5.74) is 3.10. The van der Waals surface area contributed by atoms with Gasteiger partial charge in [0.25, 0.3) is 0 Å². The van der Waals surface area contributed by atoms with E-state index < -0.39 is 6.10 Å². The Morgan fingerprint density at radius 3 is 2.50 bits per heavy atom. The highest BCUT2D eigenvalue weighted by atomic mass is 79.9. The van der Waals surface area contributed by atoms with E-state index in [4.69, 9.17) is 0 Å². The van der Waals surface area contributed by atoms with E-state index in [1.54, 1.807) is 11.3 Å². The number of aryl methyl sites for hydroxylation is 2. The molecule has 1 atom stereocenters. The van der Waals surface area contributed by atoms with E-state index in [1.807, 2.05) is 43.5 Å². The Bertz CT molecular complexity index is 504. The van der Waals surface area contributed by atoms with Gasteiger partial charge < -0.3 is 5.11 Å². The first kappa shape index (κ1) is 11.8. The molecule has 0 saturated carbocycles. The first-order valence-corrected chi connectivity index (χ1v) is 6.75. The van der Waals surface area contributed by atoms with Crippen LogP contribution in [0.15, 0.2) is 34.1 Å². The largest absolute Gasteiger partial charge is 0.384 e. The van der Waals surface area contributed by atoms with Gasteiger partial charge >= 0.3 is 0 Å². The highest BCUT2D eigenvalue weighted by Gasteiger charge is 2.16. The van der Waals surface area contributed by atoms with Crippen molar-refractivity contribution < 1.29 is 5.11 Å². The van der Waals surface area contributed by atoms with Gasteiger partial charge in [0, 0.05) is 9.35 Å². The van der Waals surface area contributed by atoms with Crippen molar-refractivity contribution in [2.75, 3.05) is 0 Å². The van der Waals surface area contributed by atoms with Crippen LogP contribution in [-0.2, 0) is 0 Å². The summed E-state index contributed by atoms with van der Waals surface area (Å²) in [6.07, 6.45) is -0.541. The normalized spacial score (nSPS) is 12.8. The summed E-state index contributed by atoms with van der Waals surface area (Å²) in [6.45, 7) is 4.07. The fourth-order valence-electron chi connectivity index (χ4n) is 1.70. The molecule has 0 aliphatic heterocycles. The lowest BCUT2D eigenvalue weighted by molar-refractivity contribution is 0.219. The van der Waals surface area contributed by atoms with Crippen LogP contribution in [0.2, 0.25) is 0 Å². The molecule has 0 radical (unpaired) electrons. The van der Waals surface area contributed by atoms with E-state index in [9.17, 15) is 5.11 Å². The fraction of sp³-hybridized carbons (Fsp3) is 0.231. The molecule has 0 amide bonds. The predicted octanol–water partition coefficient (Wildman–Crippen LogP) is 4.21. The molecule has 0 saturated heterocycles. The Morgan fingerprint density at radius 1 is 1.19 bits per heavy atom. The summed E-state index contributed by atoms with van der Waals surface area (Å²) >= 11 is 5.16. The van der Waals surface area contributed by atoms with E-state index >= 15 is 0 Å². The van der Waals surface area contributed by atoms with E-state index in [1.165, 1.54) is 10.4 Å². The third-order valence-corrected chi connectivity index (χ3v) is 4.19. The van der Waals surface area contributed by atoms with Gasteiger partial charge in [-0.2, -0.15) is 0 Å². The minimum atomic E-state index is -0.541. The van der Waals surface area contributed by atoms with Crippen LogP contribution in [0, 0.1) is 13.8 Å². The molecule has 3 heteroatoms. The third kappa shape index (κ3) is 2.21. The summed E-state index contributed by atoms with van der Waals surface area (Å²) < 4.78 is 0.964. The molecule has 2 rings (SSSR count). The van der Waals surface area contributed by atoms with Crippen molar-refractivity contribution in [2.45, 2.75) is 20.0 Å². The average molecular weight is 297 g/mol. The zero-order chi connectivity index (χ0) is 11.7. The second-order valence-electron chi connectivity index (χ2n) is 3.86. The minimum Gasteiger partial charge on any atom is -0.384 e. The lowest BCUT2D eigenvalue weighted by atomic mass is 10.0. The molecule has 0 aliphatic rings. The molecule has 84 valence electrons. The van der Waals surface area contributed by atoms with E-state index in [0.29, 0.717) is 0 Å². The zero-order valence-electron chi connectivity index (χ0n) is 9.20. The number of hydrogen-bond donors (Lipinski definition) is 1. The fourth-order valence-corrected chi connectivity index (χ4v) is 3.14. The van der Waals surface area contributed by atoms with Gasteiger partial charge in [0.05, 0.1) is 0 Å². The van der Waals surface area contributed by atoms with Crippen molar-refractivity contribution in [3.8, 4) is 0 Å². The van der Waals surface area contributed by atoms with Crippen molar-refractivity contribution in [3.05, 3.63) is 55.7 Å². The molecule has 1 aromatic carbocycles. The Labute approximate surface area is 108 Å². The number of hydrogen-bond acceptors (Lipinski definition) is 2. The Kier molecular flexibility index (Phi) is 3.47. The molecule has 1 nitrogen and oxygen atoms in total. The Balaban J connectivity index is 2.41. The molecule has 0 bridgehead atoms. The summed E-state index contributed by atoms with van der Waals surface area (Å²) in [5.74, 6) is 0. The van der Waals surface area contributed by atoms with Crippen molar-refractivity contribution in [3.63, 3.8) is 0 Å². The maximum atomic E-state index is 10.3. The van der Waals surface area contributed by atoms with Gasteiger partial charge in [0.1, 0.15) is 6.10 Å². The second kappa shape index (κ2) is 4.70. The van der Waals surface area contributed by atoms with Crippen LogP contribution in [0.3, 0.4) is 0 Å². The first-order chi connectivity index (χ1) is 7.59. The van der Waals surface area contributed by atoms with E-state index in [0.717, 1.165) is 15.6 Å². The quantitative estimate of drug-likeness (QED) is 0.880. The molecule has 1 aromatic heterocycles.